The average molecular weight is 285 g/mol. The van der Waals surface area contributed by atoms with Crippen LogP contribution in [0.3, 0.4) is 0 Å². The van der Waals surface area contributed by atoms with Crippen LogP contribution >= 0.6 is 15.9 Å². The fraction of sp³-hybridized carbons (Fsp3) is 0.333. The van der Waals surface area contributed by atoms with Gasteiger partial charge in [-0.3, -0.25) is 4.79 Å². The lowest BCUT2D eigenvalue weighted by molar-refractivity contribution is -0.151. The molecule has 0 aliphatic carbocycles. The number of rotatable bonds is 5. The maximum Gasteiger partial charge on any atom is 0.374 e. The van der Waals surface area contributed by atoms with Gasteiger partial charge in [-0.05, 0) is 17.5 Å². The molecule has 0 atom stereocenters. The summed E-state index contributed by atoms with van der Waals surface area (Å²) in [6.45, 7) is 0. The molecule has 4 heteroatoms. The van der Waals surface area contributed by atoms with Gasteiger partial charge in [-0.1, -0.05) is 40.2 Å². The molecule has 1 aromatic carbocycles. The summed E-state index contributed by atoms with van der Waals surface area (Å²) in [5.41, 5.74) is 2.22. The number of hydrogen-bond acceptors (Lipinski definition) is 3. The first-order valence-electron chi connectivity index (χ1n) is 4.93. The van der Waals surface area contributed by atoms with Crippen molar-refractivity contribution in [3.63, 3.8) is 0 Å². The van der Waals surface area contributed by atoms with E-state index in [0.717, 1.165) is 16.5 Å². The van der Waals surface area contributed by atoms with E-state index in [9.17, 15) is 9.59 Å². The zero-order valence-corrected chi connectivity index (χ0v) is 10.6. The SMILES string of the molecule is COC(=O)C(=O)CCc1ccccc1CBr. The number of ketones is 1. The summed E-state index contributed by atoms with van der Waals surface area (Å²) in [7, 11) is 1.21. The molecule has 0 heterocycles. The minimum absolute atomic E-state index is 0.191. The van der Waals surface area contributed by atoms with Gasteiger partial charge in [0.15, 0.2) is 0 Å². The third-order valence-electron chi connectivity index (χ3n) is 2.30. The second kappa shape index (κ2) is 6.43. The monoisotopic (exact) mass is 284 g/mol. The van der Waals surface area contributed by atoms with E-state index in [4.69, 9.17) is 0 Å². The summed E-state index contributed by atoms with van der Waals surface area (Å²) in [6.07, 6.45) is 0.756. The number of ether oxygens (including phenoxy) is 1. The Morgan fingerprint density at radius 1 is 1.25 bits per heavy atom. The second-order valence-electron chi connectivity index (χ2n) is 3.32. The second-order valence-corrected chi connectivity index (χ2v) is 3.88. The third kappa shape index (κ3) is 3.45. The molecule has 16 heavy (non-hydrogen) atoms. The number of Topliss-reactive ketones (excluding diaryl/α,β-unsaturated/α-hetero) is 1. The van der Waals surface area contributed by atoms with Gasteiger partial charge in [0.1, 0.15) is 0 Å². The van der Waals surface area contributed by atoms with Gasteiger partial charge in [-0.2, -0.15) is 0 Å². The fourth-order valence-corrected chi connectivity index (χ4v) is 1.94. The number of esters is 1. The number of benzene rings is 1. The van der Waals surface area contributed by atoms with Crippen molar-refractivity contribution in [1.82, 2.24) is 0 Å². The Morgan fingerprint density at radius 2 is 1.88 bits per heavy atom. The van der Waals surface area contributed by atoms with Crippen molar-refractivity contribution in [2.45, 2.75) is 18.2 Å². The highest BCUT2D eigenvalue weighted by Crippen LogP contribution is 2.14. The predicted molar refractivity (Wildman–Crippen MR) is 64.4 cm³/mol. The Labute approximate surface area is 103 Å². The summed E-state index contributed by atoms with van der Waals surface area (Å²) in [4.78, 5) is 22.2. The zero-order chi connectivity index (χ0) is 12.0. The lowest BCUT2D eigenvalue weighted by Gasteiger charge is -2.05. The smallest absolute Gasteiger partial charge is 0.374 e. The van der Waals surface area contributed by atoms with Gasteiger partial charge in [-0.15, -0.1) is 0 Å². The zero-order valence-electron chi connectivity index (χ0n) is 9.03. The van der Waals surface area contributed by atoms with Crippen LogP contribution < -0.4 is 0 Å². The molecule has 0 aliphatic rings. The molecule has 0 unspecified atom stereocenters. The van der Waals surface area contributed by atoms with Crippen LogP contribution in [0.25, 0.3) is 0 Å². The molecule has 0 saturated heterocycles. The average Bonchev–Trinajstić information content (AvgIpc) is 2.35. The predicted octanol–water partition coefficient (Wildman–Crippen LogP) is 2.26. The van der Waals surface area contributed by atoms with Crippen molar-refractivity contribution in [3.8, 4) is 0 Å². The van der Waals surface area contributed by atoms with Crippen LogP contribution in [0.4, 0.5) is 0 Å². The molecule has 0 bridgehead atoms. The fourth-order valence-electron chi connectivity index (χ4n) is 1.40. The normalized spacial score (nSPS) is 9.88. The number of halogens is 1. The van der Waals surface area contributed by atoms with Crippen LogP contribution in [-0.4, -0.2) is 18.9 Å². The number of alkyl halides is 1. The van der Waals surface area contributed by atoms with E-state index in [1.165, 1.54) is 7.11 Å². The molecule has 1 rings (SSSR count). The highest BCUT2D eigenvalue weighted by atomic mass is 79.9. The van der Waals surface area contributed by atoms with E-state index in [1.807, 2.05) is 24.3 Å². The molecule has 0 fully saturated rings. The number of methoxy groups -OCH3 is 1. The first-order chi connectivity index (χ1) is 7.69. The van der Waals surface area contributed by atoms with Gasteiger partial charge in [0.05, 0.1) is 7.11 Å². The van der Waals surface area contributed by atoms with E-state index >= 15 is 0 Å². The van der Waals surface area contributed by atoms with Crippen LogP contribution in [0, 0.1) is 0 Å². The summed E-state index contributed by atoms with van der Waals surface area (Å²) in [5, 5.41) is 0.746. The van der Waals surface area contributed by atoms with Gasteiger partial charge in [0.2, 0.25) is 5.78 Å². The molecule has 86 valence electrons. The van der Waals surface area contributed by atoms with Crippen molar-refractivity contribution in [2.24, 2.45) is 0 Å². The Kier molecular flexibility index (Phi) is 5.19. The lowest BCUT2D eigenvalue weighted by Crippen LogP contribution is -2.16. The molecule has 3 nitrogen and oxygen atoms in total. The minimum atomic E-state index is -0.767. The van der Waals surface area contributed by atoms with Gasteiger partial charge < -0.3 is 4.74 Å². The molecule has 0 N–H and O–H groups in total. The Balaban J connectivity index is 2.61. The van der Waals surface area contributed by atoms with Crippen LogP contribution in [-0.2, 0) is 26.1 Å². The molecule has 0 saturated carbocycles. The van der Waals surface area contributed by atoms with Crippen molar-refractivity contribution in [1.29, 1.82) is 0 Å². The lowest BCUT2D eigenvalue weighted by atomic mass is 10.0. The minimum Gasteiger partial charge on any atom is -0.463 e. The third-order valence-corrected chi connectivity index (χ3v) is 2.90. The maximum atomic E-state index is 11.3. The van der Waals surface area contributed by atoms with Crippen molar-refractivity contribution in [2.75, 3.05) is 7.11 Å². The van der Waals surface area contributed by atoms with E-state index in [1.54, 1.807) is 0 Å². The number of aryl methyl sites for hydroxylation is 1. The highest BCUT2D eigenvalue weighted by Gasteiger charge is 2.13. The van der Waals surface area contributed by atoms with Crippen LogP contribution in [0.5, 0.6) is 0 Å². The highest BCUT2D eigenvalue weighted by molar-refractivity contribution is 9.08. The first kappa shape index (κ1) is 12.9. The summed E-state index contributed by atoms with van der Waals surface area (Å²) in [6, 6.07) is 7.82. The molecule has 0 radical (unpaired) electrons. The Bertz CT molecular complexity index is 388. The molecule has 0 spiro atoms. The van der Waals surface area contributed by atoms with Gasteiger partial charge >= 0.3 is 5.97 Å². The Hall–Kier alpha value is -1.16. The van der Waals surface area contributed by atoms with Crippen LogP contribution in [0.15, 0.2) is 24.3 Å². The summed E-state index contributed by atoms with van der Waals surface area (Å²) < 4.78 is 4.36. The molecular weight excluding hydrogens is 272 g/mol. The van der Waals surface area contributed by atoms with E-state index in [2.05, 4.69) is 20.7 Å². The standard InChI is InChI=1S/C12H13BrO3/c1-16-12(15)11(14)7-6-9-4-2-3-5-10(9)8-13/h2-5H,6-8H2,1H3. The molecule has 0 aromatic heterocycles. The quantitative estimate of drug-likeness (QED) is 0.473. The molecule has 1 aromatic rings. The van der Waals surface area contributed by atoms with Crippen LogP contribution in [0.2, 0.25) is 0 Å². The maximum absolute atomic E-state index is 11.3. The van der Waals surface area contributed by atoms with Crippen molar-refractivity contribution < 1.29 is 14.3 Å². The summed E-state index contributed by atoms with van der Waals surface area (Å²) >= 11 is 3.38. The van der Waals surface area contributed by atoms with Crippen molar-refractivity contribution >= 4 is 27.7 Å². The van der Waals surface area contributed by atoms with E-state index in [0.29, 0.717) is 6.42 Å². The number of hydrogen-bond donors (Lipinski definition) is 0. The molecule has 0 aliphatic heterocycles. The largest absolute Gasteiger partial charge is 0.463 e. The molecule has 0 amide bonds. The van der Waals surface area contributed by atoms with E-state index < -0.39 is 11.8 Å². The van der Waals surface area contributed by atoms with Gasteiger partial charge in [-0.25, -0.2) is 4.79 Å². The van der Waals surface area contributed by atoms with Crippen LogP contribution in [0.1, 0.15) is 17.5 Å². The number of carbonyl (C=O) groups is 2. The van der Waals surface area contributed by atoms with Gasteiger partial charge in [0.25, 0.3) is 0 Å². The topological polar surface area (TPSA) is 43.4 Å². The van der Waals surface area contributed by atoms with Gasteiger partial charge in [0, 0.05) is 11.8 Å². The Morgan fingerprint density at radius 3 is 2.44 bits per heavy atom. The summed E-state index contributed by atoms with van der Waals surface area (Å²) in [5.74, 6) is -1.25. The van der Waals surface area contributed by atoms with Crippen molar-refractivity contribution in [3.05, 3.63) is 35.4 Å². The van der Waals surface area contributed by atoms with E-state index in [-0.39, 0.29) is 6.42 Å². The first-order valence-corrected chi connectivity index (χ1v) is 6.05. The number of carbonyl (C=O) groups excluding carboxylic acids is 2. The molecular formula is C12H13BrO3.